The fourth-order valence-electron chi connectivity index (χ4n) is 1.43. The van der Waals surface area contributed by atoms with E-state index in [1.54, 1.807) is 13.0 Å². The molecule has 0 bridgehead atoms. The summed E-state index contributed by atoms with van der Waals surface area (Å²) in [6.45, 7) is 3.35. The number of amides is 2. The van der Waals surface area contributed by atoms with E-state index in [1.165, 1.54) is 19.3 Å². The van der Waals surface area contributed by atoms with Gasteiger partial charge in [0, 0.05) is 6.54 Å². The molecule has 2 unspecified atom stereocenters. The lowest BCUT2D eigenvalue weighted by atomic mass is 10.1. The van der Waals surface area contributed by atoms with Crippen LogP contribution in [-0.2, 0) is 9.59 Å². The van der Waals surface area contributed by atoms with Gasteiger partial charge in [-0.2, -0.15) is 0 Å². The van der Waals surface area contributed by atoms with E-state index in [0.717, 1.165) is 0 Å². The number of carboxylic acids is 1. The summed E-state index contributed by atoms with van der Waals surface area (Å²) < 4.78 is 4.91. The third-order valence-electron chi connectivity index (χ3n) is 2.78. The largest absolute Gasteiger partial charge is 0.481 e. The fraction of sp³-hybridized carbons (Fsp3) is 0.462. The summed E-state index contributed by atoms with van der Waals surface area (Å²) in [6.07, 6.45) is 1.70. The molecule has 0 aliphatic heterocycles. The maximum Gasteiger partial charge on any atom is 0.306 e. The minimum atomic E-state index is -0.904. The number of carbonyl (C=O) groups excluding carboxylic acids is 2. The normalized spacial score (nSPS) is 13.3. The molecule has 2 amide bonds. The molecular weight excluding hydrogens is 264 g/mol. The van der Waals surface area contributed by atoms with Gasteiger partial charge in [-0.05, 0) is 25.5 Å². The standard InChI is InChI=1S/C13H18N2O5/c1-8(13(18)19)5-6-14-11(16)9(2)15-12(17)10-4-3-7-20-10/h3-4,7-9H,5-6H2,1-2H3,(H,14,16)(H,15,17)(H,18,19). The van der Waals surface area contributed by atoms with Gasteiger partial charge in [0.05, 0.1) is 12.2 Å². The molecule has 1 aromatic heterocycles. The van der Waals surface area contributed by atoms with E-state index in [4.69, 9.17) is 9.52 Å². The summed E-state index contributed by atoms with van der Waals surface area (Å²) in [5, 5.41) is 13.8. The van der Waals surface area contributed by atoms with Gasteiger partial charge in [-0.1, -0.05) is 6.92 Å². The van der Waals surface area contributed by atoms with Gasteiger partial charge in [0.1, 0.15) is 6.04 Å². The van der Waals surface area contributed by atoms with E-state index in [2.05, 4.69) is 10.6 Å². The number of nitrogens with one attached hydrogen (secondary N) is 2. The quantitative estimate of drug-likeness (QED) is 0.679. The summed E-state index contributed by atoms with van der Waals surface area (Å²) in [6, 6.07) is 2.34. The van der Waals surface area contributed by atoms with Crippen LogP contribution >= 0.6 is 0 Å². The first-order chi connectivity index (χ1) is 9.41. The molecule has 0 fully saturated rings. The van der Waals surface area contributed by atoms with E-state index in [-0.39, 0.29) is 18.2 Å². The minimum absolute atomic E-state index is 0.129. The molecule has 7 heteroatoms. The van der Waals surface area contributed by atoms with Gasteiger partial charge in [-0.25, -0.2) is 0 Å². The summed E-state index contributed by atoms with van der Waals surface area (Å²) in [7, 11) is 0. The van der Waals surface area contributed by atoms with Crippen molar-refractivity contribution < 1.29 is 23.9 Å². The van der Waals surface area contributed by atoms with Crippen molar-refractivity contribution in [2.75, 3.05) is 6.54 Å². The molecule has 1 rings (SSSR count). The van der Waals surface area contributed by atoms with Crippen LogP contribution in [0.5, 0.6) is 0 Å². The average molecular weight is 282 g/mol. The predicted molar refractivity (Wildman–Crippen MR) is 70.1 cm³/mol. The molecule has 0 aliphatic carbocycles. The average Bonchev–Trinajstić information content (AvgIpc) is 2.91. The molecular formula is C13H18N2O5. The minimum Gasteiger partial charge on any atom is -0.481 e. The van der Waals surface area contributed by atoms with Crippen LogP contribution in [0.2, 0.25) is 0 Å². The van der Waals surface area contributed by atoms with Crippen LogP contribution in [0, 0.1) is 5.92 Å². The number of hydrogen-bond donors (Lipinski definition) is 3. The zero-order chi connectivity index (χ0) is 15.1. The highest BCUT2D eigenvalue weighted by Crippen LogP contribution is 2.01. The molecule has 1 heterocycles. The Balaban J connectivity index is 2.32. The van der Waals surface area contributed by atoms with E-state index >= 15 is 0 Å². The zero-order valence-electron chi connectivity index (χ0n) is 11.4. The number of aliphatic carboxylic acids is 1. The lowest BCUT2D eigenvalue weighted by Crippen LogP contribution is -2.45. The Morgan fingerprint density at radius 3 is 2.60 bits per heavy atom. The third kappa shape index (κ3) is 4.75. The van der Waals surface area contributed by atoms with Crippen molar-refractivity contribution >= 4 is 17.8 Å². The maximum atomic E-state index is 11.7. The summed E-state index contributed by atoms with van der Waals surface area (Å²) in [4.78, 5) is 33.9. The van der Waals surface area contributed by atoms with E-state index in [0.29, 0.717) is 6.42 Å². The SMILES string of the molecule is CC(CCNC(=O)C(C)NC(=O)c1ccco1)C(=O)O. The molecule has 0 aliphatic rings. The van der Waals surface area contributed by atoms with Crippen LogP contribution < -0.4 is 10.6 Å². The Kier molecular flexibility index (Phi) is 5.76. The lowest BCUT2D eigenvalue weighted by Gasteiger charge is -2.14. The molecule has 2 atom stereocenters. The second-order valence-electron chi connectivity index (χ2n) is 4.49. The van der Waals surface area contributed by atoms with E-state index in [9.17, 15) is 14.4 Å². The maximum absolute atomic E-state index is 11.7. The second kappa shape index (κ2) is 7.32. The zero-order valence-corrected chi connectivity index (χ0v) is 11.4. The lowest BCUT2D eigenvalue weighted by molar-refractivity contribution is -0.141. The van der Waals surface area contributed by atoms with Crippen LogP contribution in [0.15, 0.2) is 22.8 Å². The molecule has 0 saturated heterocycles. The Morgan fingerprint density at radius 1 is 1.35 bits per heavy atom. The summed E-state index contributed by atoms with van der Waals surface area (Å²) >= 11 is 0. The molecule has 20 heavy (non-hydrogen) atoms. The van der Waals surface area contributed by atoms with Crippen LogP contribution in [0.1, 0.15) is 30.8 Å². The molecule has 110 valence electrons. The smallest absolute Gasteiger partial charge is 0.306 e. The van der Waals surface area contributed by atoms with Gasteiger partial charge in [0.2, 0.25) is 5.91 Å². The molecule has 3 N–H and O–H groups in total. The van der Waals surface area contributed by atoms with Gasteiger partial charge >= 0.3 is 5.97 Å². The predicted octanol–water partition coefficient (Wildman–Crippen LogP) is 0.625. The van der Waals surface area contributed by atoms with Crippen molar-refractivity contribution in [2.24, 2.45) is 5.92 Å². The van der Waals surface area contributed by atoms with Crippen molar-refractivity contribution in [3.8, 4) is 0 Å². The highest BCUT2D eigenvalue weighted by molar-refractivity contribution is 5.95. The summed E-state index contributed by atoms with van der Waals surface area (Å²) in [5.74, 6) is -2.15. The Labute approximate surface area is 116 Å². The third-order valence-corrected chi connectivity index (χ3v) is 2.78. The van der Waals surface area contributed by atoms with Crippen LogP contribution in [-0.4, -0.2) is 35.5 Å². The molecule has 0 saturated carbocycles. The monoisotopic (exact) mass is 282 g/mol. The number of carboxylic acid groups (broad SMARTS) is 1. The second-order valence-corrected chi connectivity index (χ2v) is 4.49. The van der Waals surface area contributed by atoms with Gasteiger partial charge in [0.15, 0.2) is 5.76 Å². The highest BCUT2D eigenvalue weighted by atomic mass is 16.4. The van der Waals surface area contributed by atoms with E-state index < -0.39 is 23.8 Å². The highest BCUT2D eigenvalue weighted by Gasteiger charge is 2.18. The number of rotatable bonds is 7. The van der Waals surface area contributed by atoms with Crippen molar-refractivity contribution in [2.45, 2.75) is 26.3 Å². The molecule has 1 aromatic rings. The van der Waals surface area contributed by atoms with Crippen molar-refractivity contribution in [1.82, 2.24) is 10.6 Å². The van der Waals surface area contributed by atoms with Gasteiger partial charge in [-0.15, -0.1) is 0 Å². The number of hydrogen-bond acceptors (Lipinski definition) is 4. The molecule has 0 radical (unpaired) electrons. The van der Waals surface area contributed by atoms with Crippen LogP contribution in [0.3, 0.4) is 0 Å². The molecule has 7 nitrogen and oxygen atoms in total. The molecule has 0 spiro atoms. The fourth-order valence-corrected chi connectivity index (χ4v) is 1.43. The van der Waals surface area contributed by atoms with E-state index in [1.807, 2.05) is 0 Å². The first-order valence-corrected chi connectivity index (χ1v) is 6.26. The Bertz CT molecular complexity index is 469. The van der Waals surface area contributed by atoms with Crippen molar-refractivity contribution in [1.29, 1.82) is 0 Å². The van der Waals surface area contributed by atoms with Crippen LogP contribution in [0.25, 0.3) is 0 Å². The number of furan rings is 1. The first-order valence-electron chi connectivity index (χ1n) is 6.26. The number of carbonyl (C=O) groups is 3. The van der Waals surface area contributed by atoms with Crippen molar-refractivity contribution in [3.05, 3.63) is 24.2 Å². The van der Waals surface area contributed by atoms with Gasteiger partial charge in [0.25, 0.3) is 5.91 Å². The Morgan fingerprint density at radius 2 is 2.05 bits per heavy atom. The van der Waals surface area contributed by atoms with Crippen molar-refractivity contribution in [3.63, 3.8) is 0 Å². The topological polar surface area (TPSA) is 109 Å². The van der Waals surface area contributed by atoms with Crippen LogP contribution in [0.4, 0.5) is 0 Å². The molecule has 0 aromatic carbocycles. The summed E-state index contributed by atoms with van der Waals surface area (Å²) in [5.41, 5.74) is 0. The van der Waals surface area contributed by atoms with Gasteiger partial charge < -0.3 is 20.2 Å². The van der Waals surface area contributed by atoms with Gasteiger partial charge in [-0.3, -0.25) is 14.4 Å². The Hall–Kier alpha value is -2.31. The first kappa shape index (κ1) is 15.7.